The summed E-state index contributed by atoms with van der Waals surface area (Å²) in [7, 11) is -9.73. The number of carbonyl (C=O) groups is 2. The lowest BCUT2D eigenvalue weighted by molar-refractivity contribution is -0.115. The molecule has 0 atom stereocenters. The fourth-order valence-electron chi connectivity index (χ4n) is 3.35. The molecule has 3 rings (SSSR count). The van der Waals surface area contributed by atoms with Crippen LogP contribution in [0, 0.1) is 6.92 Å². The van der Waals surface area contributed by atoms with E-state index in [1.807, 2.05) is 0 Å². The van der Waals surface area contributed by atoms with Crippen molar-refractivity contribution in [3.63, 3.8) is 0 Å². The molecule has 2 aromatic carbocycles. The molecule has 0 bridgehead atoms. The molecule has 1 aromatic heterocycles. The number of nitrogens with zero attached hydrogens (tertiary/aromatic N) is 3. The summed E-state index contributed by atoms with van der Waals surface area (Å²) in [5, 5.41) is 4.72. The number of benzene rings is 2. The molecule has 0 fully saturated rings. The standard InChI is InChI=1S/C24H26ClN5O7S2/c1-5-37-14-22-26-15(2)23(25)24(29-22)30(38(33,34)20-10-6-18(7-11-20)27-16(3)31)39(35,36)21-12-8-19(9-13-21)28-17(4)32/h6-13H,5,14H2,1-4H3,(H,27,31)(H,28,32). The summed E-state index contributed by atoms with van der Waals surface area (Å²) in [5.74, 6) is -1.31. The second-order valence-electron chi connectivity index (χ2n) is 8.12. The second kappa shape index (κ2) is 12.1. The molecule has 0 spiro atoms. The highest BCUT2D eigenvalue weighted by Gasteiger charge is 2.40. The summed E-state index contributed by atoms with van der Waals surface area (Å²) in [6.07, 6.45) is 0. The fraction of sp³-hybridized carbons (Fsp3) is 0.250. The van der Waals surface area contributed by atoms with Gasteiger partial charge in [0.1, 0.15) is 11.6 Å². The first-order chi connectivity index (χ1) is 18.3. The zero-order chi connectivity index (χ0) is 29.0. The average Bonchev–Trinajstić information content (AvgIpc) is 2.85. The Labute approximate surface area is 231 Å². The predicted molar refractivity (Wildman–Crippen MR) is 145 cm³/mol. The number of amides is 2. The number of ether oxygens (including phenoxy) is 1. The fourth-order valence-corrected chi connectivity index (χ4v) is 7.24. The number of halogens is 1. The van der Waals surface area contributed by atoms with Crippen LogP contribution in [-0.4, -0.2) is 45.2 Å². The van der Waals surface area contributed by atoms with Gasteiger partial charge in [-0.1, -0.05) is 11.6 Å². The van der Waals surface area contributed by atoms with Crippen molar-refractivity contribution in [2.24, 2.45) is 0 Å². The average molecular weight is 596 g/mol. The minimum absolute atomic E-state index is 0.0196. The molecule has 0 unspecified atom stereocenters. The first-order valence-corrected chi connectivity index (χ1v) is 14.7. The van der Waals surface area contributed by atoms with Crippen LogP contribution >= 0.6 is 11.6 Å². The maximum Gasteiger partial charge on any atom is 0.279 e. The summed E-state index contributed by atoms with van der Waals surface area (Å²) >= 11 is 6.41. The Morgan fingerprint density at radius 2 is 1.28 bits per heavy atom. The molecule has 0 aliphatic rings. The number of aryl methyl sites for hydroxylation is 1. The molecule has 208 valence electrons. The molecule has 1 heterocycles. The zero-order valence-electron chi connectivity index (χ0n) is 21.4. The third-order valence-electron chi connectivity index (χ3n) is 5.04. The topological polar surface area (TPSA) is 165 Å². The van der Waals surface area contributed by atoms with Crippen LogP contribution in [0.4, 0.5) is 17.2 Å². The SMILES string of the molecule is CCOCc1nc(C)c(Cl)c(N(S(=O)(=O)c2ccc(NC(C)=O)cc2)S(=O)(=O)c2ccc(NC(C)=O)cc2)n1. The Morgan fingerprint density at radius 1 is 0.846 bits per heavy atom. The van der Waals surface area contributed by atoms with Crippen molar-refractivity contribution >= 4 is 60.7 Å². The van der Waals surface area contributed by atoms with E-state index in [4.69, 9.17) is 16.3 Å². The molecular weight excluding hydrogens is 570 g/mol. The molecule has 15 heteroatoms. The Balaban J connectivity index is 2.24. The van der Waals surface area contributed by atoms with E-state index in [1.54, 1.807) is 6.92 Å². The number of sulfonamides is 2. The minimum Gasteiger partial charge on any atom is -0.374 e. The molecule has 3 aromatic rings. The molecule has 0 aliphatic carbocycles. The quantitative estimate of drug-likeness (QED) is 0.357. The summed E-state index contributed by atoms with van der Waals surface area (Å²) in [5.41, 5.74) is 0.743. The van der Waals surface area contributed by atoms with Crippen LogP contribution in [0.1, 0.15) is 32.3 Å². The van der Waals surface area contributed by atoms with Crippen molar-refractivity contribution in [3.8, 4) is 0 Å². The first kappa shape index (κ1) is 30.0. The predicted octanol–water partition coefficient (Wildman–Crippen LogP) is 3.48. The zero-order valence-corrected chi connectivity index (χ0v) is 23.8. The number of nitrogens with one attached hydrogen (secondary N) is 2. The third kappa shape index (κ3) is 6.89. The lowest BCUT2D eigenvalue weighted by Crippen LogP contribution is -2.38. The van der Waals surface area contributed by atoms with Gasteiger partial charge in [-0.15, -0.1) is 3.71 Å². The van der Waals surface area contributed by atoms with E-state index in [-0.39, 0.29) is 38.7 Å². The van der Waals surface area contributed by atoms with Crippen LogP contribution in [0.5, 0.6) is 0 Å². The van der Waals surface area contributed by atoms with Crippen molar-refractivity contribution in [1.29, 1.82) is 0 Å². The first-order valence-electron chi connectivity index (χ1n) is 11.4. The van der Waals surface area contributed by atoms with E-state index in [0.29, 0.717) is 18.0 Å². The largest absolute Gasteiger partial charge is 0.374 e. The van der Waals surface area contributed by atoms with Crippen molar-refractivity contribution in [3.05, 3.63) is 65.1 Å². The monoisotopic (exact) mass is 595 g/mol. The minimum atomic E-state index is -4.86. The summed E-state index contributed by atoms with van der Waals surface area (Å²) < 4.78 is 61.2. The van der Waals surface area contributed by atoms with Gasteiger partial charge in [-0.2, -0.15) is 16.8 Å². The lowest BCUT2D eigenvalue weighted by atomic mass is 10.3. The maximum atomic E-state index is 13.9. The number of hydrogen-bond acceptors (Lipinski definition) is 9. The molecular formula is C24H26ClN5O7S2. The van der Waals surface area contributed by atoms with Gasteiger partial charge in [-0.05, 0) is 62.4 Å². The van der Waals surface area contributed by atoms with Crippen molar-refractivity contribution in [2.45, 2.75) is 44.1 Å². The van der Waals surface area contributed by atoms with Gasteiger partial charge in [0, 0.05) is 31.8 Å². The molecule has 0 radical (unpaired) electrons. The van der Waals surface area contributed by atoms with Gasteiger partial charge < -0.3 is 15.4 Å². The Hall–Kier alpha value is -3.59. The second-order valence-corrected chi connectivity index (χ2v) is 12.3. The maximum absolute atomic E-state index is 13.9. The van der Waals surface area contributed by atoms with Crippen LogP contribution in [0.2, 0.25) is 5.02 Å². The normalized spacial score (nSPS) is 11.6. The van der Waals surface area contributed by atoms with Gasteiger partial charge >= 0.3 is 0 Å². The van der Waals surface area contributed by atoms with Gasteiger partial charge in [0.05, 0.1) is 15.5 Å². The van der Waals surface area contributed by atoms with Crippen molar-refractivity contribution in [1.82, 2.24) is 9.97 Å². The van der Waals surface area contributed by atoms with E-state index in [1.165, 1.54) is 45.0 Å². The summed E-state index contributed by atoms with van der Waals surface area (Å²) in [6, 6.07) is 9.84. The Bertz CT molecular complexity index is 1510. The molecule has 12 nitrogen and oxygen atoms in total. The number of carbonyl (C=O) groups excluding carboxylic acids is 2. The molecule has 0 saturated heterocycles. The van der Waals surface area contributed by atoms with Crippen LogP contribution in [-0.2, 0) is 41.0 Å². The van der Waals surface area contributed by atoms with Gasteiger partial charge in [-0.25, -0.2) is 9.97 Å². The van der Waals surface area contributed by atoms with Gasteiger partial charge in [0.15, 0.2) is 11.6 Å². The highest BCUT2D eigenvalue weighted by atomic mass is 35.5. The van der Waals surface area contributed by atoms with E-state index in [0.717, 1.165) is 24.3 Å². The van der Waals surface area contributed by atoms with E-state index >= 15 is 0 Å². The van der Waals surface area contributed by atoms with Crippen LogP contribution in [0.25, 0.3) is 0 Å². The highest BCUT2D eigenvalue weighted by Crippen LogP contribution is 2.36. The van der Waals surface area contributed by atoms with Gasteiger partial charge in [0.2, 0.25) is 11.8 Å². The lowest BCUT2D eigenvalue weighted by Gasteiger charge is -2.25. The number of rotatable bonds is 10. The van der Waals surface area contributed by atoms with Crippen LogP contribution < -0.4 is 14.3 Å². The molecule has 2 amide bonds. The number of hydrogen-bond donors (Lipinski definition) is 2. The third-order valence-corrected chi connectivity index (χ3v) is 9.61. The molecule has 0 aliphatic heterocycles. The van der Waals surface area contributed by atoms with E-state index in [9.17, 15) is 26.4 Å². The summed E-state index contributed by atoms with van der Waals surface area (Å²) in [6.45, 7) is 5.98. The molecule has 0 saturated carbocycles. The Kier molecular flexibility index (Phi) is 9.27. The van der Waals surface area contributed by atoms with Crippen LogP contribution in [0.15, 0.2) is 58.3 Å². The number of anilines is 3. The van der Waals surface area contributed by atoms with E-state index < -0.39 is 35.7 Å². The van der Waals surface area contributed by atoms with Gasteiger partial charge in [-0.3, -0.25) is 9.59 Å². The van der Waals surface area contributed by atoms with Gasteiger partial charge in [0.25, 0.3) is 20.0 Å². The summed E-state index contributed by atoms with van der Waals surface area (Å²) in [4.78, 5) is 30.2. The molecule has 39 heavy (non-hydrogen) atoms. The van der Waals surface area contributed by atoms with Crippen LogP contribution in [0.3, 0.4) is 0 Å². The molecule has 2 N–H and O–H groups in total. The van der Waals surface area contributed by atoms with Crippen molar-refractivity contribution < 1.29 is 31.2 Å². The van der Waals surface area contributed by atoms with E-state index in [2.05, 4.69) is 20.6 Å². The van der Waals surface area contributed by atoms with Crippen molar-refractivity contribution in [2.75, 3.05) is 21.0 Å². The number of aromatic nitrogens is 2. The smallest absolute Gasteiger partial charge is 0.279 e. The highest BCUT2D eigenvalue weighted by molar-refractivity contribution is 8.10. The Morgan fingerprint density at radius 3 is 1.67 bits per heavy atom.